The molecule has 0 aliphatic carbocycles. The van der Waals surface area contributed by atoms with E-state index in [4.69, 9.17) is 32.3 Å². The summed E-state index contributed by atoms with van der Waals surface area (Å²) in [4.78, 5) is 58.4. The van der Waals surface area contributed by atoms with Crippen molar-refractivity contribution >= 4 is 33.6 Å². The standard InChI is InChI=1S/C75H120O16P2/c1-4-7-10-13-16-19-22-25-27-29-31-33-34-36-38-39-41-44-46-49-52-55-58-61-73(78)85-64-70(76)65-87-92(81,82)88-66-71(77)67-89-93(83,84)90-69-72(91-75(80)63-60-57-54-51-48-43-24-21-18-15-12-9-6-3)68-86-74(79)62-59-56-53-50-47-45-42-40-37-35-32-30-28-26-23-20-17-14-11-8-5-2/h7-8,10-12,15-17,19-21,24-28,31-33,35-36,38,40-42,44,47,50,70-72,76-77H,4-6,9,13-14,18,22-23,29-30,34,37,39,43,45-46,48-49,51-69H2,1-3H3,(H,81,82)(H,83,84)/b10-7-,11-8-,15-12-,19-16-,20-17-,24-21-,27-25-,28-26-,33-31-,35-32-,38-36-,42-40-,44-41-,50-47-. The lowest BCUT2D eigenvalue weighted by Gasteiger charge is -2.21. The molecule has 0 rings (SSSR count). The number of phosphoric acid groups is 2. The lowest BCUT2D eigenvalue weighted by Crippen LogP contribution is -2.30. The normalized spacial score (nSPS) is 15.2. The van der Waals surface area contributed by atoms with Crippen LogP contribution in [0.3, 0.4) is 0 Å². The number of carbonyl (C=O) groups excluding carboxylic acids is 3. The first-order valence-corrected chi connectivity index (χ1v) is 37.4. The van der Waals surface area contributed by atoms with Crippen molar-refractivity contribution in [3.05, 3.63) is 170 Å². The molecule has 0 amide bonds. The maximum atomic E-state index is 12.9. The highest BCUT2D eigenvalue weighted by Crippen LogP contribution is 2.45. The summed E-state index contributed by atoms with van der Waals surface area (Å²) in [5, 5.41) is 20.5. The summed E-state index contributed by atoms with van der Waals surface area (Å²) in [6, 6.07) is 0. The lowest BCUT2D eigenvalue weighted by molar-refractivity contribution is -0.161. The molecule has 0 heterocycles. The Kier molecular flexibility index (Phi) is 63.2. The fourth-order valence-corrected chi connectivity index (χ4v) is 9.79. The number of rotatable bonds is 63. The van der Waals surface area contributed by atoms with E-state index in [9.17, 15) is 43.5 Å². The van der Waals surface area contributed by atoms with Gasteiger partial charge in [0.1, 0.15) is 25.4 Å². The first kappa shape index (κ1) is 87.9. The summed E-state index contributed by atoms with van der Waals surface area (Å²) in [6.45, 7) is 2.23. The van der Waals surface area contributed by atoms with Gasteiger partial charge >= 0.3 is 33.6 Å². The number of esters is 3. The molecular weight excluding hydrogens is 1220 g/mol. The van der Waals surface area contributed by atoms with E-state index >= 15 is 0 Å². The lowest BCUT2D eigenvalue weighted by atomic mass is 10.1. The average molecular weight is 1340 g/mol. The second-order valence-electron chi connectivity index (χ2n) is 22.2. The van der Waals surface area contributed by atoms with Gasteiger partial charge in [-0.05, 0) is 148 Å². The zero-order valence-electron chi connectivity index (χ0n) is 56.9. The van der Waals surface area contributed by atoms with E-state index in [-0.39, 0.29) is 19.3 Å². The van der Waals surface area contributed by atoms with E-state index in [0.29, 0.717) is 19.3 Å². The predicted molar refractivity (Wildman–Crippen MR) is 380 cm³/mol. The second kappa shape index (κ2) is 66.9. The first-order chi connectivity index (χ1) is 45.2. The number of allylic oxidation sites excluding steroid dienone is 28. The number of unbranched alkanes of at least 4 members (excludes halogenated alkanes) is 12. The predicted octanol–water partition coefficient (Wildman–Crippen LogP) is 19.3. The fraction of sp³-hybridized carbons (Fsp3) is 0.587. The number of ether oxygens (including phenoxy) is 3. The molecule has 0 fully saturated rings. The minimum absolute atomic E-state index is 0.0709. The van der Waals surface area contributed by atoms with Crippen LogP contribution in [-0.2, 0) is 55.8 Å². The molecule has 0 saturated carbocycles. The van der Waals surface area contributed by atoms with Crippen molar-refractivity contribution in [2.45, 2.75) is 245 Å². The van der Waals surface area contributed by atoms with Gasteiger partial charge in [0, 0.05) is 19.3 Å². The Labute approximate surface area is 561 Å². The van der Waals surface area contributed by atoms with Gasteiger partial charge in [0.15, 0.2) is 6.10 Å². The molecule has 4 N–H and O–H groups in total. The summed E-state index contributed by atoms with van der Waals surface area (Å²) in [6.07, 6.45) is 82.7. The van der Waals surface area contributed by atoms with Gasteiger partial charge < -0.3 is 34.2 Å². The van der Waals surface area contributed by atoms with Crippen LogP contribution in [0.4, 0.5) is 0 Å². The van der Waals surface area contributed by atoms with E-state index in [1.54, 1.807) is 0 Å². The Morgan fingerprint density at radius 3 is 0.925 bits per heavy atom. The van der Waals surface area contributed by atoms with Gasteiger partial charge in [-0.1, -0.05) is 229 Å². The highest BCUT2D eigenvalue weighted by atomic mass is 31.2. The minimum atomic E-state index is -4.95. The van der Waals surface area contributed by atoms with Gasteiger partial charge in [0.25, 0.3) is 0 Å². The third kappa shape index (κ3) is 68.1. The number of hydrogen-bond acceptors (Lipinski definition) is 14. The van der Waals surface area contributed by atoms with Crippen LogP contribution >= 0.6 is 15.6 Å². The van der Waals surface area contributed by atoms with Crippen molar-refractivity contribution < 1.29 is 75.8 Å². The van der Waals surface area contributed by atoms with Gasteiger partial charge in [-0.3, -0.25) is 32.5 Å². The van der Waals surface area contributed by atoms with Crippen LogP contribution in [0.15, 0.2) is 170 Å². The van der Waals surface area contributed by atoms with Gasteiger partial charge in [0.2, 0.25) is 0 Å². The monoisotopic (exact) mass is 1340 g/mol. The van der Waals surface area contributed by atoms with Crippen LogP contribution in [0.5, 0.6) is 0 Å². The molecule has 5 unspecified atom stereocenters. The number of aliphatic hydroxyl groups is 2. The number of phosphoric ester groups is 2. The Hall–Kier alpha value is -5.09. The van der Waals surface area contributed by atoms with E-state index in [2.05, 4.69) is 191 Å². The van der Waals surface area contributed by atoms with Crippen molar-refractivity contribution in [1.29, 1.82) is 0 Å². The minimum Gasteiger partial charge on any atom is -0.463 e. The Balaban J connectivity index is 4.72. The highest BCUT2D eigenvalue weighted by molar-refractivity contribution is 7.47. The zero-order valence-corrected chi connectivity index (χ0v) is 58.6. The molecule has 5 atom stereocenters. The zero-order chi connectivity index (χ0) is 68.1. The molecule has 0 aliphatic rings. The Bertz CT molecular complexity index is 2370. The highest BCUT2D eigenvalue weighted by Gasteiger charge is 2.29. The van der Waals surface area contributed by atoms with Gasteiger partial charge in [-0.25, -0.2) is 9.13 Å². The van der Waals surface area contributed by atoms with E-state index in [1.165, 1.54) is 0 Å². The van der Waals surface area contributed by atoms with Crippen LogP contribution in [0.2, 0.25) is 0 Å². The molecule has 0 spiro atoms. The van der Waals surface area contributed by atoms with Crippen molar-refractivity contribution in [1.82, 2.24) is 0 Å². The van der Waals surface area contributed by atoms with Crippen LogP contribution in [-0.4, -0.2) is 95.9 Å². The van der Waals surface area contributed by atoms with Crippen molar-refractivity contribution in [2.24, 2.45) is 0 Å². The van der Waals surface area contributed by atoms with Gasteiger partial charge in [-0.15, -0.1) is 0 Å². The Morgan fingerprint density at radius 2 is 0.570 bits per heavy atom. The first-order valence-electron chi connectivity index (χ1n) is 34.4. The molecule has 0 bridgehead atoms. The van der Waals surface area contributed by atoms with Crippen LogP contribution in [0.25, 0.3) is 0 Å². The van der Waals surface area contributed by atoms with E-state index < -0.39 is 91.5 Å². The summed E-state index contributed by atoms with van der Waals surface area (Å²) >= 11 is 0. The summed E-state index contributed by atoms with van der Waals surface area (Å²) in [7, 11) is -9.82. The molecule has 0 aliphatic heterocycles. The van der Waals surface area contributed by atoms with Gasteiger partial charge in [0.05, 0.1) is 26.4 Å². The molecule has 93 heavy (non-hydrogen) atoms. The van der Waals surface area contributed by atoms with Crippen molar-refractivity contribution in [3.8, 4) is 0 Å². The van der Waals surface area contributed by atoms with Crippen molar-refractivity contribution in [3.63, 3.8) is 0 Å². The second-order valence-corrected chi connectivity index (χ2v) is 25.1. The molecular formula is C75H120O16P2. The SMILES string of the molecule is CC/C=C\C/C=C\C/C=C\C/C=C\C/C=C\C/C=C\CCCCCCC(=O)OCC(O)COP(=O)(O)OCC(O)COP(=O)(O)OCC(COC(=O)CCCC/C=C\C/C=C\C/C=C\C/C=C\C/C=C\C/C=C\CC)OC(=O)CCCCCCC/C=C\C/C=C\CCC. The average Bonchev–Trinajstić information content (AvgIpc) is 3.75. The quantitative estimate of drug-likeness (QED) is 0.0146. The fourth-order valence-electron chi connectivity index (χ4n) is 8.20. The maximum Gasteiger partial charge on any atom is 0.472 e. The molecule has 18 heteroatoms. The molecule has 0 aromatic heterocycles. The topological polar surface area (TPSA) is 231 Å². The molecule has 526 valence electrons. The molecule has 0 aromatic carbocycles. The van der Waals surface area contributed by atoms with Crippen LogP contribution < -0.4 is 0 Å². The largest absolute Gasteiger partial charge is 0.472 e. The smallest absolute Gasteiger partial charge is 0.463 e. The van der Waals surface area contributed by atoms with E-state index in [1.807, 2.05) is 0 Å². The van der Waals surface area contributed by atoms with Crippen LogP contribution in [0, 0.1) is 0 Å². The number of carbonyl (C=O) groups is 3. The number of aliphatic hydroxyl groups excluding tert-OH is 2. The summed E-state index contributed by atoms with van der Waals surface area (Å²) < 4.78 is 60.8. The summed E-state index contributed by atoms with van der Waals surface area (Å²) in [5.74, 6) is -1.68. The van der Waals surface area contributed by atoms with Crippen molar-refractivity contribution in [2.75, 3.05) is 39.6 Å². The molecule has 16 nitrogen and oxygen atoms in total. The molecule has 0 aromatic rings. The van der Waals surface area contributed by atoms with Gasteiger partial charge in [-0.2, -0.15) is 0 Å². The van der Waals surface area contributed by atoms with E-state index in [0.717, 1.165) is 167 Å². The summed E-state index contributed by atoms with van der Waals surface area (Å²) in [5.41, 5.74) is 0. The molecule has 0 saturated heterocycles. The third-order valence-electron chi connectivity index (χ3n) is 13.4. The maximum absolute atomic E-state index is 12.9. The molecule has 0 radical (unpaired) electrons. The van der Waals surface area contributed by atoms with Crippen LogP contribution in [0.1, 0.15) is 226 Å². The Morgan fingerprint density at radius 1 is 0.312 bits per heavy atom. The number of hydrogen-bond donors (Lipinski definition) is 4. The third-order valence-corrected chi connectivity index (χ3v) is 15.3.